The molecule has 1 N–H and O–H groups in total. The van der Waals surface area contributed by atoms with Crippen LogP contribution in [0.3, 0.4) is 0 Å². The zero-order valence-corrected chi connectivity index (χ0v) is 16.4. The monoisotopic (exact) mass is 378 g/mol. The van der Waals surface area contributed by atoms with Crippen molar-refractivity contribution < 1.29 is 14.6 Å². The Hall–Kier alpha value is -2.50. The number of hydrogen-bond donors (Lipinski definition) is 1. The highest BCUT2D eigenvalue weighted by Crippen LogP contribution is 2.44. The highest BCUT2D eigenvalue weighted by molar-refractivity contribution is 5.86. The van der Waals surface area contributed by atoms with Crippen LogP contribution in [0.2, 0.25) is 0 Å². The summed E-state index contributed by atoms with van der Waals surface area (Å²) in [5.74, 6) is 1.65. The van der Waals surface area contributed by atoms with Gasteiger partial charge in [-0.25, -0.2) is 0 Å². The molecular formula is C23H26N2O3. The van der Waals surface area contributed by atoms with Gasteiger partial charge in [0.1, 0.15) is 6.73 Å². The fourth-order valence-electron chi connectivity index (χ4n) is 5.00. The van der Waals surface area contributed by atoms with Gasteiger partial charge in [0.2, 0.25) is 0 Å². The molecule has 5 nitrogen and oxygen atoms in total. The summed E-state index contributed by atoms with van der Waals surface area (Å²) in [6.07, 6.45) is 1.96. The van der Waals surface area contributed by atoms with Crippen molar-refractivity contribution in [3.63, 3.8) is 0 Å². The molecule has 146 valence electrons. The molecule has 0 amide bonds. The Morgan fingerprint density at radius 2 is 2.04 bits per heavy atom. The van der Waals surface area contributed by atoms with Gasteiger partial charge in [-0.05, 0) is 54.7 Å². The molecule has 2 aromatic carbocycles. The quantitative estimate of drug-likeness (QED) is 0.753. The lowest BCUT2D eigenvalue weighted by Gasteiger charge is -2.41. The highest BCUT2D eigenvalue weighted by atomic mass is 16.5. The van der Waals surface area contributed by atoms with Gasteiger partial charge < -0.3 is 19.1 Å². The minimum Gasteiger partial charge on any atom is -0.493 e. The lowest BCUT2D eigenvalue weighted by Crippen LogP contribution is -2.39. The van der Waals surface area contributed by atoms with Crippen LogP contribution in [0.15, 0.2) is 36.4 Å². The van der Waals surface area contributed by atoms with Crippen molar-refractivity contribution in [2.45, 2.75) is 39.1 Å². The molecule has 0 saturated heterocycles. The molecule has 1 unspecified atom stereocenters. The molecule has 28 heavy (non-hydrogen) atoms. The van der Waals surface area contributed by atoms with Crippen LogP contribution in [-0.2, 0) is 26.1 Å². The van der Waals surface area contributed by atoms with Crippen LogP contribution in [-0.4, -0.2) is 34.8 Å². The summed E-state index contributed by atoms with van der Waals surface area (Å²) in [7, 11) is 1.71. The standard InChI is InChI=1S/C23H26N2O3/c1-3-28-23-10-15-8-9-24-13-21-18(11-20(24)17(15)12-22(23)27-2)16-6-4-5-7-19(16)25(21)14-26/h4-7,10,12,20,26H,3,8-9,11,13-14H2,1-2H3. The van der Waals surface area contributed by atoms with Gasteiger partial charge in [0.15, 0.2) is 11.5 Å². The van der Waals surface area contributed by atoms with Crippen molar-refractivity contribution in [3.8, 4) is 11.5 Å². The maximum atomic E-state index is 10.00. The van der Waals surface area contributed by atoms with E-state index in [0.29, 0.717) is 12.6 Å². The van der Waals surface area contributed by atoms with Gasteiger partial charge in [0.25, 0.3) is 0 Å². The third-order valence-corrected chi connectivity index (χ3v) is 6.28. The number of rotatable bonds is 4. The van der Waals surface area contributed by atoms with Crippen molar-refractivity contribution in [2.75, 3.05) is 20.3 Å². The van der Waals surface area contributed by atoms with E-state index >= 15 is 0 Å². The Morgan fingerprint density at radius 1 is 1.18 bits per heavy atom. The number of aromatic nitrogens is 1. The first-order valence-corrected chi connectivity index (χ1v) is 10.0. The third-order valence-electron chi connectivity index (χ3n) is 6.28. The number of aliphatic hydroxyl groups excluding tert-OH is 1. The summed E-state index contributed by atoms with van der Waals surface area (Å²) < 4.78 is 13.5. The molecule has 3 heterocycles. The van der Waals surface area contributed by atoms with E-state index in [1.54, 1.807) is 7.11 Å². The molecule has 0 spiro atoms. The summed E-state index contributed by atoms with van der Waals surface area (Å²) in [6.45, 7) is 4.54. The fourth-order valence-corrected chi connectivity index (χ4v) is 5.00. The average Bonchev–Trinajstić information content (AvgIpc) is 3.04. The number of nitrogens with zero attached hydrogens (tertiary/aromatic N) is 2. The van der Waals surface area contributed by atoms with Crippen molar-refractivity contribution >= 4 is 10.9 Å². The van der Waals surface area contributed by atoms with Gasteiger partial charge in [0.05, 0.1) is 19.2 Å². The second-order valence-corrected chi connectivity index (χ2v) is 7.59. The average molecular weight is 378 g/mol. The van der Waals surface area contributed by atoms with Gasteiger partial charge in [-0.1, -0.05) is 18.2 Å². The SMILES string of the molecule is CCOc1cc2c(cc1OC)C1Cc3c(n(CO)c4ccccc34)CN1CC2. The molecule has 1 aromatic heterocycles. The van der Waals surface area contributed by atoms with E-state index in [4.69, 9.17) is 9.47 Å². The van der Waals surface area contributed by atoms with Crippen LogP contribution < -0.4 is 9.47 Å². The van der Waals surface area contributed by atoms with Crippen LogP contribution in [0.1, 0.15) is 35.3 Å². The molecule has 5 heteroatoms. The molecule has 0 fully saturated rings. The summed E-state index contributed by atoms with van der Waals surface area (Å²) in [5, 5.41) is 11.3. The topological polar surface area (TPSA) is 46.9 Å². The van der Waals surface area contributed by atoms with Gasteiger partial charge >= 0.3 is 0 Å². The summed E-state index contributed by atoms with van der Waals surface area (Å²) in [5.41, 5.74) is 6.45. The van der Waals surface area contributed by atoms with Crippen LogP contribution >= 0.6 is 0 Å². The fraction of sp³-hybridized carbons (Fsp3) is 0.391. The largest absolute Gasteiger partial charge is 0.493 e. The number of hydrogen-bond acceptors (Lipinski definition) is 4. The Balaban J connectivity index is 1.62. The molecule has 1 atom stereocenters. The predicted molar refractivity (Wildman–Crippen MR) is 109 cm³/mol. The number of ether oxygens (including phenoxy) is 2. The number of fused-ring (bicyclic) bond motifs is 6. The zero-order chi connectivity index (χ0) is 19.3. The lowest BCUT2D eigenvalue weighted by atomic mass is 9.85. The van der Waals surface area contributed by atoms with Gasteiger partial charge in [0, 0.05) is 30.2 Å². The first-order chi connectivity index (χ1) is 13.7. The Morgan fingerprint density at radius 3 is 2.82 bits per heavy atom. The molecular weight excluding hydrogens is 352 g/mol. The first kappa shape index (κ1) is 17.6. The van der Waals surface area contributed by atoms with Gasteiger partial charge in [-0.3, -0.25) is 4.90 Å². The predicted octanol–water partition coefficient (Wildman–Crippen LogP) is 3.65. The second-order valence-electron chi connectivity index (χ2n) is 7.59. The van der Waals surface area contributed by atoms with E-state index in [1.807, 2.05) is 13.0 Å². The lowest BCUT2D eigenvalue weighted by molar-refractivity contribution is 0.145. The van der Waals surface area contributed by atoms with Crippen LogP contribution in [0.25, 0.3) is 10.9 Å². The maximum absolute atomic E-state index is 10.00. The zero-order valence-electron chi connectivity index (χ0n) is 16.4. The van der Waals surface area contributed by atoms with Crippen LogP contribution in [0.5, 0.6) is 11.5 Å². The second kappa shape index (κ2) is 6.83. The highest BCUT2D eigenvalue weighted by Gasteiger charge is 2.35. The maximum Gasteiger partial charge on any atom is 0.161 e. The van der Waals surface area contributed by atoms with Crippen molar-refractivity contribution in [1.82, 2.24) is 9.47 Å². The van der Waals surface area contributed by atoms with E-state index in [2.05, 4.69) is 39.8 Å². The molecule has 0 aliphatic carbocycles. The van der Waals surface area contributed by atoms with Crippen molar-refractivity contribution in [3.05, 3.63) is 58.8 Å². The van der Waals surface area contributed by atoms with E-state index in [9.17, 15) is 5.11 Å². The minimum absolute atomic E-state index is 0.0243. The molecule has 5 rings (SSSR count). The Bertz CT molecular complexity index is 1040. The first-order valence-electron chi connectivity index (χ1n) is 10.0. The van der Waals surface area contributed by atoms with E-state index < -0.39 is 0 Å². The van der Waals surface area contributed by atoms with Gasteiger partial charge in [-0.2, -0.15) is 0 Å². The van der Waals surface area contributed by atoms with Crippen molar-refractivity contribution in [1.29, 1.82) is 0 Å². The van der Waals surface area contributed by atoms with E-state index in [1.165, 1.54) is 27.8 Å². The summed E-state index contributed by atoms with van der Waals surface area (Å²) >= 11 is 0. The minimum atomic E-state index is 0.0243. The van der Waals surface area contributed by atoms with E-state index in [-0.39, 0.29) is 6.73 Å². The van der Waals surface area contributed by atoms with Gasteiger partial charge in [-0.15, -0.1) is 0 Å². The van der Waals surface area contributed by atoms with Crippen LogP contribution in [0, 0.1) is 0 Å². The number of benzene rings is 2. The smallest absolute Gasteiger partial charge is 0.161 e. The number of aliphatic hydroxyl groups is 1. The molecule has 0 saturated carbocycles. The summed E-state index contributed by atoms with van der Waals surface area (Å²) in [6, 6.07) is 13.1. The van der Waals surface area contributed by atoms with Crippen LogP contribution in [0.4, 0.5) is 0 Å². The Labute approximate surface area is 165 Å². The molecule has 3 aromatic rings. The third kappa shape index (κ3) is 2.54. The number of para-hydroxylation sites is 1. The van der Waals surface area contributed by atoms with E-state index in [0.717, 1.165) is 42.9 Å². The number of methoxy groups -OCH3 is 1. The normalized spacial score (nSPS) is 18.5. The molecule has 0 bridgehead atoms. The summed E-state index contributed by atoms with van der Waals surface area (Å²) in [4.78, 5) is 2.54. The molecule has 2 aliphatic heterocycles. The molecule has 2 aliphatic rings. The van der Waals surface area contributed by atoms with Crippen molar-refractivity contribution in [2.24, 2.45) is 0 Å². The molecule has 0 radical (unpaired) electrons. The Kier molecular flexibility index (Phi) is 4.29.